The molecule has 0 aliphatic rings. The number of aryl methyl sites for hydroxylation is 2. The molecular weight excluding hydrogens is 170 g/mol. The van der Waals surface area contributed by atoms with Gasteiger partial charge in [0.1, 0.15) is 0 Å². The number of hydrogen-bond donors (Lipinski definition) is 0. The average Bonchev–Trinajstić information content (AvgIpc) is 1.99. The van der Waals surface area contributed by atoms with Crippen molar-refractivity contribution in [2.24, 2.45) is 0 Å². The summed E-state index contributed by atoms with van der Waals surface area (Å²) in [6.07, 6.45) is -2.36. The lowest BCUT2D eigenvalue weighted by Gasteiger charge is -2.13. The highest BCUT2D eigenvalue weighted by Gasteiger charge is 2.15. The number of rotatable bonds is 1. The van der Waals surface area contributed by atoms with E-state index in [1.807, 2.05) is 19.9 Å². The predicted octanol–water partition coefficient (Wildman–Crippen LogP) is 3.86. The van der Waals surface area contributed by atoms with E-state index in [9.17, 15) is 8.78 Å². The van der Waals surface area contributed by atoms with Gasteiger partial charge in [-0.25, -0.2) is 8.78 Å². The van der Waals surface area contributed by atoms with Crippen LogP contribution in [0.3, 0.4) is 0 Å². The fourth-order valence-corrected chi connectivity index (χ4v) is 1.64. The van der Waals surface area contributed by atoms with Crippen molar-refractivity contribution in [2.75, 3.05) is 0 Å². The lowest BCUT2D eigenvalue weighted by atomic mass is 9.95. The minimum atomic E-state index is -2.36. The zero-order chi connectivity index (χ0) is 10.2. The first-order chi connectivity index (χ1) is 5.95. The maximum atomic E-state index is 12.6. The predicted molar refractivity (Wildman–Crippen MR) is 50.3 cm³/mol. The van der Waals surface area contributed by atoms with E-state index in [-0.39, 0.29) is 5.56 Å². The summed E-state index contributed by atoms with van der Waals surface area (Å²) in [5, 5.41) is 0. The first kappa shape index (κ1) is 10.2. The zero-order valence-electron chi connectivity index (χ0n) is 8.41. The number of hydrogen-bond acceptors (Lipinski definition) is 0. The fraction of sp³-hybridized carbons (Fsp3) is 0.455. The summed E-state index contributed by atoms with van der Waals surface area (Å²) in [6, 6.07) is 1.82. The Morgan fingerprint density at radius 1 is 0.923 bits per heavy atom. The quantitative estimate of drug-likeness (QED) is 0.621. The van der Waals surface area contributed by atoms with E-state index in [2.05, 4.69) is 0 Å². The van der Waals surface area contributed by atoms with Crippen LogP contribution in [0.2, 0.25) is 0 Å². The minimum absolute atomic E-state index is 0.197. The van der Waals surface area contributed by atoms with Gasteiger partial charge in [0, 0.05) is 5.56 Å². The van der Waals surface area contributed by atoms with Gasteiger partial charge in [0.15, 0.2) is 0 Å². The summed E-state index contributed by atoms with van der Waals surface area (Å²) in [5.41, 5.74) is 3.67. The zero-order valence-corrected chi connectivity index (χ0v) is 8.41. The molecule has 0 aromatic heterocycles. The van der Waals surface area contributed by atoms with Crippen molar-refractivity contribution in [3.63, 3.8) is 0 Å². The molecule has 13 heavy (non-hydrogen) atoms. The van der Waals surface area contributed by atoms with Gasteiger partial charge >= 0.3 is 0 Å². The Morgan fingerprint density at radius 3 is 1.92 bits per heavy atom. The summed E-state index contributed by atoms with van der Waals surface area (Å²) < 4.78 is 25.2. The van der Waals surface area contributed by atoms with Crippen LogP contribution in [0, 0.1) is 27.7 Å². The van der Waals surface area contributed by atoms with Crippen LogP contribution in [-0.4, -0.2) is 0 Å². The van der Waals surface area contributed by atoms with Crippen molar-refractivity contribution in [2.45, 2.75) is 34.1 Å². The molecule has 0 fully saturated rings. The van der Waals surface area contributed by atoms with Crippen LogP contribution in [0.5, 0.6) is 0 Å². The van der Waals surface area contributed by atoms with E-state index >= 15 is 0 Å². The Morgan fingerprint density at radius 2 is 1.46 bits per heavy atom. The molecule has 1 aromatic rings. The molecule has 0 amide bonds. The summed E-state index contributed by atoms with van der Waals surface area (Å²) >= 11 is 0. The van der Waals surface area contributed by atoms with Crippen LogP contribution < -0.4 is 0 Å². The highest BCUT2D eigenvalue weighted by molar-refractivity contribution is 5.44. The van der Waals surface area contributed by atoms with Crippen LogP contribution >= 0.6 is 0 Å². The fourth-order valence-electron chi connectivity index (χ4n) is 1.64. The molecule has 2 heteroatoms. The Bertz CT molecular complexity index is 327. The molecule has 0 atom stereocenters. The smallest absolute Gasteiger partial charge is 0.205 e. The van der Waals surface area contributed by atoms with Crippen molar-refractivity contribution in [3.05, 3.63) is 33.9 Å². The van der Waals surface area contributed by atoms with Crippen LogP contribution in [0.25, 0.3) is 0 Å². The first-order valence-electron chi connectivity index (χ1n) is 4.30. The van der Waals surface area contributed by atoms with E-state index in [0.29, 0.717) is 5.56 Å². The molecule has 0 aliphatic carbocycles. The molecule has 1 aromatic carbocycles. The molecular formula is C11H14F2. The maximum Gasteiger partial charge on any atom is 0.264 e. The van der Waals surface area contributed by atoms with Gasteiger partial charge in [-0.15, -0.1) is 0 Å². The highest BCUT2D eigenvalue weighted by atomic mass is 19.3. The number of halogens is 2. The Labute approximate surface area is 77.6 Å². The Kier molecular flexibility index (Phi) is 2.69. The molecule has 0 saturated carbocycles. The van der Waals surface area contributed by atoms with E-state index in [0.717, 1.165) is 16.7 Å². The van der Waals surface area contributed by atoms with Crippen molar-refractivity contribution in [1.29, 1.82) is 0 Å². The second-order valence-corrected chi connectivity index (χ2v) is 3.47. The topological polar surface area (TPSA) is 0 Å². The normalized spacial score (nSPS) is 11.0. The molecule has 0 radical (unpaired) electrons. The minimum Gasteiger partial charge on any atom is -0.205 e. The maximum absolute atomic E-state index is 12.6. The van der Waals surface area contributed by atoms with E-state index in [1.165, 1.54) is 0 Å². The van der Waals surface area contributed by atoms with Crippen LogP contribution in [0.4, 0.5) is 8.78 Å². The molecule has 0 heterocycles. The monoisotopic (exact) mass is 184 g/mol. The van der Waals surface area contributed by atoms with Gasteiger partial charge in [-0.05, 0) is 49.9 Å². The second kappa shape index (κ2) is 3.44. The molecule has 0 bridgehead atoms. The second-order valence-electron chi connectivity index (χ2n) is 3.47. The molecule has 72 valence electrons. The molecule has 0 spiro atoms. The molecule has 1 rings (SSSR count). The number of alkyl halides is 2. The lowest BCUT2D eigenvalue weighted by Crippen LogP contribution is -1.99. The Balaban J connectivity index is 3.44. The summed E-state index contributed by atoms with van der Waals surface area (Å²) in [7, 11) is 0. The SMILES string of the molecule is Cc1cc(C)c(C(F)F)c(C)c1C. The highest BCUT2D eigenvalue weighted by Crippen LogP contribution is 2.29. The van der Waals surface area contributed by atoms with Crippen molar-refractivity contribution in [3.8, 4) is 0 Å². The third kappa shape index (κ3) is 1.71. The van der Waals surface area contributed by atoms with Gasteiger partial charge in [-0.2, -0.15) is 0 Å². The van der Waals surface area contributed by atoms with Crippen molar-refractivity contribution < 1.29 is 8.78 Å². The molecule has 0 nitrogen and oxygen atoms in total. The van der Waals surface area contributed by atoms with Crippen LogP contribution in [0.1, 0.15) is 34.2 Å². The third-order valence-electron chi connectivity index (χ3n) is 2.63. The van der Waals surface area contributed by atoms with E-state index in [1.54, 1.807) is 13.8 Å². The third-order valence-corrected chi connectivity index (χ3v) is 2.63. The van der Waals surface area contributed by atoms with Gasteiger partial charge in [0.05, 0.1) is 0 Å². The summed E-state index contributed by atoms with van der Waals surface area (Å²) in [6.45, 7) is 7.33. The van der Waals surface area contributed by atoms with Crippen molar-refractivity contribution >= 4 is 0 Å². The molecule has 0 N–H and O–H groups in total. The van der Waals surface area contributed by atoms with Gasteiger partial charge in [0.2, 0.25) is 0 Å². The molecule has 0 saturated heterocycles. The van der Waals surface area contributed by atoms with Crippen LogP contribution in [0.15, 0.2) is 6.07 Å². The molecule has 0 aliphatic heterocycles. The van der Waals surface area contributed by atoms with Gasteiger partial charge in [-0.3, -0.25) is 0 Å². The molecule has 0 unspecified atom stereocenters. The number of benzene rings is 1. The van der Waals surface area contributed by atoms with Gasteiger partial charge in [0.25, 0.3) is 6.43 Å². The van der Waals surface area contributed by atoms with Gasteiger partial charge in [-0.1, -0.05) is 6.07 Å². The summed E-state index contributed by atoms with van der Waals surface area (Å²) in [4.78, 5) is 0. The Hall–Kier alpha value is -0.920. The van der Waals surface area contributed by atoms with Crippen LogP contribution in [-0.2, 0) is 0 Å². The lowest BCUT2D eigenvalue weighted by molar-refractivity contribution is 0.149. The largest absolute Gasteiger partial charge is 0.264 e. The van der Waals surface area contributed by atoms with Crippen molar-refractivity contribution in [1.82, 2.24) is 0 Å². The average molecular weight is 184 g/mol. The van der Waals surface area contributed by atoms with E-state index in [4.69, 9.17) is 0 Å². The van der Waals surface area contributed by atoms with E-state index < -0.39 is 6.43 Å². The standard InChI is InChI=1S/C11H14F2/c1-6-5-7(2)10(11(12)13)9(4)8(6)3/h5,11H,1-4H3. The first-order valence-corrected chi connectivity index (χ1v) is 4.30. The van der Waals surface area contributed by atoms with Gasteiger partial charge < -0.3 is 0 Å². The summed E-state index contributed by atoms with van der Waals surface area (Å²) in [5.74, 6) is 0.